The molecule has 0 aliphatic carbocycles. The molecule has 0 aliphatic heterocycles. The molecule has 2 rings (SSSR count). The molecular weight excluding hydrogens is 282 g/mol. The molecule has 6 nitrogen and oxygen atoms in total. The van der Waals surface area contributed by atoms with Crippen LogP contribution >= 0.6 is 0 Å². The van der Waals surface area contributed by atoms with Crippen LogP contribution in [0.4, 0.5) is 10.5 Å². The Morgan fingerprint density at radius 3 is 2.55 bits per heavy atom. The van der Waals surface area contributed by atoms with E-state index in [4.69, 9.17) is 9.47 Å². The van der Waals surface area contributed by atoms with Gasteiger partial charge in [0.05, 0.1) is 6.61 Å². The molecule has 2 amide bonds. The minimum atomic E-state index is -0.222. The SMILES string of the molecule is COCCOc1ccc(NC(=O)NCCn2cccc2)cc1. The van der Waals surface area contributed by atoms with Gasteiger partial charge in [-0.15, -0.1) is 0 Å². The number of benzene rings is 1. The highest BCUT2D eigenvalue weighted by Gasteiger charge is 2.01. The summed E-state index contributed by atoms with van der Waals surface area (Å²) in [5.74, 6) is 0.746. The maximum Gasteiger partial charge on any atom is 0.319 e. The van der Waals surface area contributed by atoms with Gasteiger partial charge in [-0.1, -0.05) is 0 Å². The Hall–Kier alpha value is -2.47. The van der Waals surface area contributed by atoms with Crippen molar-refractivity contribution >= 4 is 11.7 Å². The van der Waals surface area contributed by atoms with Crippen LogP contribution in [0.15, 0.2) is 48.8 Å². The van der Waals surface area contributed by atoms with Crippen LogP contribution in [0.2, 0.25) is 0 Å². The standard InChI is InChI=1S/C16H21N3O3/c1-21-12-13-22-15-6-4-14(5-7-15)18-16(20)17-8-11-19-9-2-3-10-19/h2-7,9-10H,8,11-13H2,1H3,(H2,17,18,20). The van der Waals surface area contributed by atoms with Crippen LogP contribution in [-0.2, 0) is 11.3 Å². The molecule has 0 unspecified atom stereocenters. The molecule has 1 aromatic carbocycles. The van der Waals surface area contributed by atoms with Crippen LogP contribution in [0.5, 0.6) is 5.75 Å². The lowest BCUT2D eigenvalue weighted by atomic mass is 10.3. The summed E-state index contributed by atoms with van der Waals surface area (Å²) in [4.78, 5) is 11.8. The highest BCUT2D eigenvalue weighted by atomic mass is 16.5. The Kier molecular flexibility index (Phi) is 6.32. The zero-order valence-electron chi connectivity index (χ0n) is 12.6. The van der Waals surface area contributed by atoms with Crippen molar-refractivity contribution < 1.29 is 14.3 Å². The summed E-state index contributed by atoms with van der Waals surface area (Å²) in [5.41, 5.74) is 0.720. The van der Waals surface area contributed by atoms with Crippen LogP contribution in [-0.4, -0.2) is 37.5 Å². The number of methoxy groups -OCH3 is 1. The fraction of sp³-hybridized carbons (Fsp3) is 0.312. The van der Waals surface area contributed by atoms with E-state index in [-0.39, 0.29) is 6.03 Å². The highest BCUT2D eigenvalue weighted by Crippen LogP contribution is 2.15. The lowest BCUT2D eigenvalue weighted by molar-refractivity contribution is 0.146. The molecule has 1 heterocycles. The Labute approximate surface area is 130 Å². The Balaban J connectivity index is 1.69. The van der Waals surface area contributed by atoms with E-state index in [0.29, 0.717) is 19.8 Å². The number of rotatable bonds is 8. The largest absolute Gasteiger partial charge is 0.491 e. The quantitative estimate of drug-likeness (QED) is 0.736. The molecule has 2 N–H and O–H groups in total. The smallest absolute Gasteiger partial charge is 0.319 e. The van der Waals surface area contributed by atoms with E-state index in [9.17, 15) is 4.79 Å². The first-order chi connectivity index (χ1) is 10.8. The number of hydrogen-bond donors (Lipinski definition) is 2. The van der Waals surface area contributed by atoms with Crippen molar-refractivity contribution in [2.45, 2.75) is 6.54 Å². The maximum atomic E-state index is 11.8. The predicted molar refractivity (Wildman–Crippen MR) is 85.3 cm³/mol. The van der Waals surface area contributed by atoms with Crippen molar-refractivity contribution in [3.8, 4) is 5.75 Å². The monoisotopic (exact) mass is 303 g/mol. The number of ether oxygens (including phenoxy) is 2. The second-order valence-electron chi connectivity index (χ2n) is 4.67. The number of anilines is 1. The topological polar surface area (TPSA) is 64.5 Å². The van der Waals surface area contributed by atoms with Gasteiger partial charge in [0.25, 0.3) is 0 Å². The number of hydrogen-bond acceptors (Lipinski definition) is 3. The van der Waals surface area contributed by atoms with Crippen LogP contribution in [0.25, 0.3) is 0 Å². The first-order valence-corrected chi connectivity index (χ1v) is 7.15. The summed E-state index contributed by atoms with van der Waals surface area (Å²) in [6.07, 6.45) is 3.92. The van der Waals surface area contributed by atoms with Crippen LogP contribution in [0.3, 0.4) is 0 Å². The van der Waals surface area contributed by atoms with E-state index in [0.717, 1.165) is 18.0 Å². The summed E-state index contributed by atoms with van der Waals surface area (Å²) in [7, 11) is 1.63. The van der Waals surface area contributed by atoms with E-state index in [1.165, 1.54) is 0 Å². The number of urea groups is 1. The molecule has 2 aromatic rings. The Bertz CT molecular complexity index is 553. The zero-order valence-corrected chi connectivity index (χ0v) is 12.6. The average Bonchev–Trinajstić information content (AvgIpc) is 3.03. The van der Waals surface area contributed by atoms with Gasteiger partial charge in [0.1, 0.15) is 12.4 Å². The highest BCUT2D eigenvalue weighted by molar-refractivity contribution is 5.89. The van der Waals surface area contributed by atoms with Crippen molar-refractivity contribution in [3.05, 3.63) is 48.8 Å². The molecule has 0 bridgehead atoms. The third kappa shape index (κ3) is 5.49. The molecule has 0 fully saturated rings. The fourth-order valence-electron chi connectivity index (χ4n) is 1.87. The van der Waals surface area contributed by atoms with Crippen LogP contribution in [0.1, 0.15) is 0 Å². The summed E-state index contributed by atoms with van der Waals surface area (Å²) < 4.78 is 12.4. The van der Waals surface area contributed by atoms with Gasteiger partial charge in [-0.2, -0.15) is 0 Å². The molecule has 0 atom stereocenters. The Morgan fingerprint density at radius 2 is 1.86 bits per heavy atom. The summed E-state index contributed by atoms with van der Waals surface area (Å²) in [6, 6.07) is 10.9. The van der Waals surface area contributed by atoms with Crippen LogP contribution < -0.4 is 15.4 Å². The molecule has 1 aromatic heterocycles. The van der Waals surface area contributed by atoms with Crippen molar-refractivity contribution in [2.24, 2.45) is 0 Å². The summed E-state index contributed by atoms with van der Waals surface area (Å²) >= 11 is 0. The molecule has 0 aliphatic rings. The molecule has 118 valence electrons. The van der Waals surface area contributed by atoms with Gasteiger partial charge in [-0.3, -0.25) is 0 Å². The average molecular weight is 303 g/mol. The van der Waals surface area contributed by atoms with E-state index < -0.39 is 0 Å². The van der Waals surface area contributed by atoms with Gasteiger partial charge in [0, 0.05) is 38.3 Å². The number of amides is 2. The first kappa shape index (κ1) is 15.9. The van der Waals surface area contributed by atoms with Gasteiger partial charge in [0.2, 0.25) is 0 Å². The number of aromatic nitrogens is 1. The second kappa shape index (κ2) is 8.74. The predicted octanol–water partition coefficient (Wildman–Crippen LogP) is 2.33. The second-order valence-corrected chi connectivity index (χ2v) is 4.67. The lowest BCUT2D eigenvalue weighted by Gasteiger charge is -2.09. The summed E-state index contributed by atoms with van der Waals surface area (Å²) in [6.45, 7) is 2.36. The van der Waals surface area contributed by atoms with Gasteiger partial charge in [0.15, 0.2) is 0 Å². The van der Waals surface area contributed by atoms with Gasteiger partial charge in [-0.05, 0) is 36.4 Å². The normalized spacial score (nSPS) is 10.2. The van der Waals surface area contributed by atoms with E-state index >= 15 is 0 Å². The van der Waals surface area contributed by atoms with Gasteiger partial charge >= 0.3 is 6.03 Å². The lowest BCUT2D eigenvalue weighted by Crippen LogP contribution is -2.31. The molecule has 22 heavy (non-hydrogen) atoms. The minimum Gasteiger partial charge on any atom is -0.491 e. The van der Waals surface area contributed by atoms with Gasteiger partial charge in [-0.25, -0.2) is 4.79 Å². The molecule has 0 saturated carbocycles. The zero-order chi connectivity index (χ0) is 15.6. The fourth-order valence-corrected chi connectivity index (χ4v) is 1.87. The Morgan fingerprint density at radius 1 is 1.14 bits per heavy atom. The van der Waals surface area contributed by atoms with Crippen molar-refractivity contribution in [1.29, 1.82) is 0 Å². The van der Waals surface area contributed by atoms with Crippen LogP contribution in [0, 0.1) is 0 Å². The van der Waals surface area contributed by atoms with Gasteiger partial charge < -0.3 is 24.7 Å². The number of nitrogens with zero attached hydrogens (tertiary/aromatic N) is 1. The molecular formula is C16H21N3O3. The molecule has 0 spiro atoms. The number of carbonyl (C=O) groups excluding carboxylic acids is 1. The van der Waals surface area contributed by atoms with E-state index in [1.54, 1.807) is 19.2 Å². The first-order valence-electron chi connectivity index (χ1n) is 7.15. The van der Waals surface area contributed by atoms with Crippen molar-refractivity contribution in [1.82, 2.24) is 9.88 Å². The molecule has 6 heteroatoms. The van der Waals surface area contributed by atoms with E-state index in [2.05, 4.69) is 10.6 Å². The molecule has 0 saturated heterocycles. The number of nitrogens with one attached hydrogen (secondary N) is 2. The van der Waals surface area contributed by atoms with Crippen molar-refractivity contribution in [3.63, 3.8) is 0 Å². The number of carbonyl (C=O) groups is 1. The van der Waals surface area contributed by atoms with Crippen molar-refractivity contribution in [2.75, 3.05) is 32.2 Å². The maximum absolute atomic E-state index is 11.8. The summed E-state index contributed by atoms with van der Waals surface area (Å²) in [5, 5.41) is 5.58. The minimum absolute atomic E-state index is 0.222. The van der Waals surface area contributed by atoms with E-state index in [1.807, 2.05) is 41.2 Å². The molecule has 0 radical (unpaired) electrons. The third-order valence-corrected chi connectivity index (χ3v) is 2.99. The third-order valence-electron chi connectivity index (χ3n) is 2.99.